The molecule has 1 aromatic carbocycles. The number of aromatic nitrogens is 2. The Hall–Kier alpha value is -1.22. The number of rotatable bonds is 3. The molecule has 0 aliphatic carbocycles. The summed E-state index contributed by atoms with van der Waals surface area (Å²) in [5.74, 6) is 0.489. The molecule has 94 valence electrons. The third-order valence-corrected chi connectivity index (χ3v) is 3.74. The van der Waals surface area contributed by atoms with Gasteiger partial charge in [0.1, 0.15) is 5.75 Å². The van der Waals surface area contributed by atoms with Crippen LogP contribution in [0.4, 0.5) is 0 Å². The lowest BCUT2D eigenvalue weighted by Crippen LogP contribution is -1.97. The fourth-order valence-corrected chi connectivity index (χ4v) is 2.12. The molecule has 0 bridgehead atoms. The highest BCUT2D eigenvalue weighted by Gasteiger charge is 2.07. The van der Waals surface area contributed by atoms with Crippen LogP contribution in [-0.2, 0) is 9.84 Å². The standard InChI is InChI=1S/C11H9IN2O3S/c1-18(15,16)10-4-2-9(3-5-10)17-11-13-6-8(12)7-14-11/h2-7H,1H3. The van der Waals surface area contributed by atoms with Crippen molar-refractivity contribution in [2.75, 3.05) is 6.26 Å². The van der Waals surface area contributed by atoms with Crippen molar-refractivity contribution < 1.29 is 13.2 Å². The molecule has 1 aromatic heterocycles. The van der Waals surface area contributed by atoms with Crippen LogP contribution in [0.25, 0.3) is 0 Å². The number of halogens is 1. The minimum Gasteiger partial charge on any atom is -0.424 e. The van der Waals surface area contributed by atoms with Gasteiger partial charge in [0.2, 0.25) is 0 Å². The van der Waals surface area contributed by atoms with Crippen molar-refractivity contribution in [1.29, 1.82) is 0 Å². The highest BCUT2D eigenvalue weighted by molar-refractivity contribution is 14.1. The number of hydrogen-bond acceptors (Lipinski definition) is 5. The van der Waals surface area contributed by atoms with Gasteiger partial charge in [-0.05, 0) is 46.9 Å². The summed E-state index contributed by atoms with van der Waals surface area (Å²) in [6, 6.07) is 6.33. The summed E-state index contributed by atoms with van der Waals surface area (Å²) in [5.41, 5.74) is 0. The molecule has 0 unspecified atom stereocenters. The highest BCUT2D eigenvalue weighted by atomic mass is 127. The van der Waals surface area contributed by atoms with Crippen LogP contribution in [0.1, 0.15) is 0 Å². The van der Waals surface area contributed by atoms with E-state index in [9.17, 15) is 8.42 Å². The van der Waals surface area contributed by atoms with E-state index in [0.717, 1.165) is 9.83 Å². The molecule has 0 amide bonds. The number of sulfone groups is 1. The molecule has 0 aliphatic heterocycles. The summed E-state index contributed by atoms with van der Waals surface area (Å²) in [7, 11) is -3.19. The molecule has 0 spiro atoms. The van der Waals surface area contributed by atoms with Crippen molar-refractivity contribution in [2.45, 2.75) is 4.90 Å². The first-order valence-corrected chi connectivity index (χ1v) is 7.88. The Morgan fingerprint density at radius 2 is 1.67 bits per heavy atom. The summed E-state index contributed by atoms with van der Waals surface area (Å²) in [6.07, 6.45) is 4.42. The average molecular weight is 376 g/mol. The lowest BCUT2D eigenvalue weighted by atomic mass is 10.3. The van der Waals surface area contributed by atoms with E-state index in [1.165, 1.54) is 12.1 Å². The van der Waals surface area contributed by atoms with E-state index < -0.39 is 9.84 Å². The summed E-state index contributed by atoms with van der Waals surface area (Å²) in [4.78, 5) is 8.22. The Morgan fingerprint density at radius 3 is 2.17 bits per heavy atom. The predicted molar refractivity (Wildman–Crippen MR) is 74.4 cm³/mol. The van der Waals surface area contributed by atoms with Gasteiger partial charge in [0.05, 0.1) is 4.90 Å². The average Bonchev–Trinajstić information content (AvgIpc) is 2.32. The first-order valence-electron chi connectivity index (χ1n) is 4.91. The van der Waals surface area contributed by atoms with Gasteiger partial charge in [-0.25, -0.2) is 18.4 Å². The number of hydrogen-bond donors (Lipinski definition) is 0. The normalized spacial score (nSPS) is 11.2. The molecule has 7 heteroatoms. The third kappa shape index (κ3) is 3.39. The highest BCUT2D eigenvalue weighted by Crippen LogP contribution is 2.20. The molecule has 0 fully saturated rings. The minimum absolute atomic E-state index is 0.225. The monoisotopic (exact) mass is 376 g/mol. The topological polar surface area (TPSA) is 69.2 Å². The second-order valence-electron chi connectivity index (χ2n) is 3.53. The zero-order valence-electron chi connectivity index (χ0n) is 9.37. The SMILES string of the molecule is CS(=O)(=O)c1ccc(Oc2ncc(I)cn2)cc1. The van der Waals surface area contributed by atoms with Gasteiger partial charge < -0.3 is 4.74 Å². The van der Waals surface area contributed by atoms with Gasteiger partial charge in [0.15, 0.2) is 9.84 Å². The number of ether oxygens (including phenoxy) is 1. The Bertz CT molecular complexity index is 639. The van der Waals surface area contributed by atoms with E-state index in [0.29, 0.717) is 5.75 Å². The number of benzene rings is 1. The maximum atomic E-state index is 11.3. The van der Waals surface area contributed by atoms with Crippen LogP contribution in [0.3, 0.4) is 0 Å². The zero-order valence-corrected chi connectivity index (χ0v) is 12.3. The van der Waals surface area contributed by atoms with Gasteiger partial charge >= 0.3 is 6.01 Å². The van der Waals surface area contributed by atoms with Crippen LogP contribution in [0.5, 0.6) is 11.8 Å². The second kappa shape index (κ2) is 5.19. The summed E-state index contributed by atoms with van der Waals surface area (Å²) in [6.45, 7) is 0. The van der Waals surface area contributed by atoms with Gasteiger partial charge in [-0.3, -0.25) is 0 Å². The molecule has 1 heterocycles. The van der Waals surface area contributed by atoms with E-state index in [2.05, 4.69) is 32.6 Å². The van der Waals surface area contributed by atoms with Crippen LogP contribution in [0, 0.1) is 3.57 Å². The molecule has 0 saturated heterocycles. The summed E-state index contributed by atoms with van der Waals surface area (Å²) < 4.78 is 28.8. The van der Waals surface area contributed by atoms with E-state index in [-0.39, 0.29) is 10.9 Å². The lowest BCUT2D eigenvalue weighted by molar-refractivity contribution is 0.441. The molecule has 2 rings (SSSR count). The minimum atomic E-state index is -3.19. The van der Waals surface area contributed by atoms with Gasteiger partial charge in [-0.1, -0.05) is 0 Å². The fraction of sp³-hybridized carbons (Fsp3) is 0.0909. The lowest BCUT2D eigenvalue weighted by Gasteiger charge is -2.04. The van der Waals surface area contributed by atoms with Gasteiger partial charge in [-0.2, -0.15) is 0 Å². The van der Waals surface area contributed by atoms with Gasteiger partial charge in [-0.15, -0.1) is 0 Å². The van der Waals surface area contributed by atoms with Crippen molar-refractivity contribution >= 4 is 32.4 Å². The van der Waals surface area contributed by atoms with Gasteiger partial charge in [0.25, 0.3) is 0 Å². The molecule has 0 N–H and O–H groups in total. The molecule has 0 aliphatic rings. The van der Waals surface area contributed by atoms with Crippen LogP contribution in [0.2, 0.25) is 0 Å². The zero-order chi connectivity index (χ0) is 13.2. The van der Waals surface area contributed by atoms with Crippen molar-refractivity contribution in [3.63, 3.8) is 0 Å². The van der Waals surface area contributed by atoms with Crippen LogP contribution < -0.4 is 4.74 Å². The number of nitrogens with zero attached hydrogens (tertiary/aromatic N) is 2. The summed E-state index contributed by atoms with van der Waals surface area (Å²) in [5, 5.41) is 0. The largest absolute Gasteiger partial charge is 0.424 e. The van der Waals surface area contributed by atoms with E-state index in [1.807, 2.05) is 0 Å². The molecule has 18 heavy (non-hydrogen) atoms. The fourth-order valence-electron chi connectivity index (χ4n) is 1.21. The Labute approximate surface area is 118 Å². The van der Waals surface area contributed by atoms with E-state index >= 15 is 0 Å². The van der Waals surface area contributed by atoms with Gasteiger partial charge in [0, 0.05) is 22.2 Å². The quantitative estimate of drug-likeness (QED) is 0.769. The van der Waals surface area contributed by atoms with E-state index in [4.69, 9.17) is 4.74 Å². The van der Waals surface area contributed by atoms with E-state index in [1.54, 1.807) is 24.5 Å². The third-order valence-electron chi connectivity index (χ3n) is 2.06. The van der Waals surface area contributed by atoms with Crippen molar-refractivity contribution in [3.05, 3.63) is 40.2 Å². The van der Waals surface area contributed by atoms with Crippen molar-refractivity contribution in [1.82, 2.24) is 9.97 Å². The maximum Gasteiger partial charge on any atom is 0.321 e. The van der Waals surface area contributed by atoms with Crippen LogP contribution in [-0.4, -0.2) is 24.6 Å². The molecular formula is C11H9IN2O3S. The van der Waals surface area contributed by atoms with Crippen LogP contribution >= 0.6 is 22.6 Å². The molecule has 0 saturated carbocycles. The molecule has 0 atom stereocenters. The Morgan fingerprint density at radius 1 is 1.11 bits per heavy atom. The molecule has 2 aromatic rings. The van der Waals surface area contributed by atoms with Crippen molar-refractivity contribution in [3.8, 4) is 11.8 Å². The first kappa shape index (κ1) is 13.2. The summed E-state index contributed by atoms with van der Waals surface area (Å²) >= 11 is 2.09. The molecular weight excluding hydrogens is 367 g/mol. The molecule has 5 nitrogen and oxygen atoms in total. The smallest absolute Gasteiger partial charge is 0.321 e. The van der Waals surface area contributed by atoms with Crippen molar-refractivity contribution in [2.24, 2.45) is 0 Å². The molecule has 0 radical (unpaired) electrons. The predicted octanol–water partition coefficient (Wildman–Crippen LogP) is 2.28. The second-order valence-corrected chi connectivity index (χ2v) is 6.79. The maximum absolute atomic E-state index is 11.3. The van der Waals surface area contributed by atoms with Crippen LogP contribution in [0.15, 0.2) is 41.6 Å². The Kier molecular flexibility index (Phi) is 3.81. The first-order chi connectivity index (χ1) is 8.45. The Balaban J connectivity index is 2.18.